The lowest BCUT2D eigenvalue weighted by Gasteiger charge is -2.31. The lowest BCUT2D eigenvalue weighted by molar-refractivity contribution is 0.885. The Balaban J connectivity index is 0.00000203. The number of hydrogen-bond acceptors (Lipinski definition) is 1. The zero-order valence-corrected chi connectivity index (χ0v) is 31.6. The largest absolute Gasteiger partial charge is 0.313 e. The van der Waals surface area contributed by atoms with Gasteiger partial charge in [-0.25, -0.2) is 0 Å². The molecule has 2 nitrogen and oxygen atoms in total. The zero-order chi connectivity index (χ0) is 37.0. The van der Waals surface area contributed by atoms with Gasteiger partial charge in [0.1, 0.15) is 0 Å². The van der Waals surface area contributed by atoms with Crippen LogP contribution in [0.1, 0.15) is 42.7 Å². The lowest BCUT2D eigenvalue weighted by atomic mass is 9.92. The first kappa shape index (κ1) is 34.7. The minimum absolute atomic E-state index is 1.02. The van der Waals surface area contributed by atoms with Crippen LogP contribution in [-0.4, -0.2) is 4.57 Å². The van der Waals surface area contributed by atoms with Gasteiger partial charge in [0.05, 0.1) is 11.2 Å². The smallest absolute Gasteiger partial charge is 0.0544 e. The molecule has 9 rings (SSSR count). The maximum atomic E-state index is 2.53. The van der Waals surface area contributed by atoms with E-state index in [1.54, 1.807) is 0 Å². The van der Waals surface area contributed by atoms with E-state index in [1.165, 1.54) is 72.4 Å². The molecular formula is C52H46N2. The van der Waals surface area contributed by atoms with Crippen LogP contribution in [0.25, 0.3) is 56.0 Å². The van der Waals surface area contributed by atoms with Crippen LogP contribution in [0, 0.1) is 13.8 Å². The van der Waals surface area contributed by atoms with E-state index in [9.17, 15) is 0 Å². The number of nitrogens with zero attached hydrogens (tertiary/aromatic N) is 2. The third-order valence-electron chi connectivity index (χ3n) is 10.6. The van der Waals surface area contributed by atoms with Crippen LogP contribution in [0.15, 0.2) is 176 Å². The molecule has 1 aromatic heterocycles. The molecule has 2 heteroatoms. The van der Waals surface area contributed by atoms with Crippen molar-refractivity contribution in [1.82, 2.24) is 4.57 Å². The molecule has 54 heavy (non-hydrogen) atoms. The Morgan fingerprint density at radius 1 is 0.537 bits per heavy atom. The molecule has 264 valence electrons. The summed E-state index contributed by atoms with van der Waals surface area (Å²) in [5.41, 5.74) is 18.4. The summed E-state index contributed by atoms with van der Waals surface area (Å²) in [6, 6.07) is 61.7. The molecule has 1 heterocycles. The maximum Gasteiger partial charge on any atom is 0.0544 e. The Kier molecular flexibility index (Phi) is 9.83. The van der Waals surface area contributed by atoms with Crippen LogP contribution in [0.4, 0.5) is 17.1 Å². The van der Waals surface area contributed by atoms with Gasteiger partial charge in [-0.15, -0.1) is 0 Å². The van der Waals surface area contributed by atoms with Crippen LogP contribution in [-0.2, 0) is 6.42 Å². The van der Waals surface area contributed by atoms with Crippen LogP contribution in [0.2, 0.25) is 0 Å². The third-order valence-corrected chi connectivity index (χ3v) is 10.6. The van der Waals surface area contributed by atoms with E-state index in [4.69, 9.17) is 0 Å². The second kappa shape index (κ2) is 15.3. The Hall–Kier alpha value is -6.38. The number of fused-ring (bicyclic) bond motifs is 3. The molecule has 0 spiro atoms. The minimum Gasteiger partial charge on any atom is -0.313 e. The number of aryl methyl sites for hydroxylation is 1. The molecule has 0 unspecified atom stereocenters. The van der Waals surface area contributed by atoms with Gasteiger partial charge in [0.25, 0.3) is 0 Å². The molecule has 7 aromatic carbocycles. The Morgan fingerprint density at radius 2 is 1.17 bits per heavy atom. The van der Waals surface area contributed by atoms with Crippen LogP contribution < -0.4 is 4.90 Å². The molecule has 0 amide bonds. The van der Waals surface area contributed by atoms with E-state index in [-0.39, 0.29) is 0 Å². The third kappa shape index (κ3) is 6.35. The molecule has 1 aliphatic rings. The van der Waals surface area contributed by atoms with Crippen molar-refractivity contribution in [3.05, 3.63) is 198 Å². The summed E-state index contributed by atoms with van der Waals surface area (Å²) in [4.78, 5) is 2.45. The number of benzene rings is 7. The molecule has 0 atom stereocenters. The fourth-order valence-corrected chi connectivity index (χ4v) is 8.07. The highest BCUT2D eigenvalue weighted by atomic mass is 15.1. The minimum atomic E-state index is 1.02. The number of allylic oxidation sites excluding steroid dienone is 1. The average molecular weight is 699 g/mol. The van der Waals surface area contributed by atoms with E-state index in [2.05, 4.69) is 205 Å². The number of para-hydroxylation sites is 1. The van der Waals surface area contributed by atoms with Crippen LogP contribution >= 0.6 is 0 Å². The first-order valence-electron chi connectivity index (χ1n) is 19.3. The van der Waals surface area contributed by atoms with E-state index < -0.39 is 0 Å². The first-order valence-corrected chi connectivity index (χ1v) is 19.3. The lowest BCUT2D eigenvalue weighted by Crippen LogP contribution is -2.14. The van der Waals surface area contributed by atoms with Crippen LogP contribution in [0.3, 0.4) is 0 Å². The molecule has 0 saturated heterocycles. The number of aromatic nitrogens is 1. The van der Waals surface area contributed by atoms with Gasteiger partial charge >= 0.3 is 0 Å². The van der Waals surface area contributed by atoms with Crippen molar-refractivity contribution in [2.45, 2.75) is 40.5 Å². The fourth-order valence-electron chi connectivity index (χ4n) is 8.07. The molecule has 0 bridgehead atoms. The van der Waals surface area contributed by atoms with Gasteiger partial charge < -0.3 is 9.47 Å². The van der Waals surface area contributed by atoms with Crippen LogP contribution in [0.5, 0.6) is 0 Å². The monoisotopic (exact) mass is 698 g/mol. The molecule has 0 radical (unpaired) electrons. The summed E-state index contributed by atoms with van der Waals surface area (Å²) >= 11 is 0. The summed E-state index contributed by atoms with van der Waals surface area (Å²) < 4.78 is 2.53. The summed E-state index contributed by atoms with van der Waals surface area (Å²) in [5.74, 6) is 0. The van der Waals surface area contributed by atoms with Crippen molar-refractivity contribution >= 4 is 34.0 Å². The molecule has 0 saturated carbocycles. The van der Waals surface area contributed by atoms with Gasteiger partial charge in [0.15, 0.2) is 0 Å². The second-order valence-corrected chi connectivity index (χ2v) is 13.7. The number of rotatable bonds is 7. The van der Waals surface area contributed by atoms with Gasteiger partial charge in [0, 0.05) is 39.3 Å². The predicted molar refractivity (Wildman–Crippen MR) is 232 cm³/mol. The Labute approximate surface area is 320 Å². The van der Waals surface area contributed by atoms with Crippen molar-refractivity contribution in [2.24, 2.45) is 0 Å². The normalized spacial score (nSPS) is 11.9. The highest BCUT2D eigenvalue weighted by Crippen LogP contribution is 2.47. The molecule has 8 aromatic rings. The maximum absolute atomic E-state index is 2.53. The van der Waals surface area contributed by atoms with Gasteiger partial charge in [-0.05, 0) is 108 Å². The summed E-state index contributed by atoms with van der Waals surface area (Å²) in [6.07, 6.45) is 6.71. The second-order valence-electron chi connectivity index (χ2n) is 13.7. The van der Waals surface area contributed by atoms with E-state index in [0.29, 0.717) is 0 Å². The van der Waals surface area contributed by atoms with Crippen molar-refractivity contribution in [3.8, 4) is 39.1 Å². The van der Waals surface area contributed by atoms with Gasteiger partial charge in [-0.2, -0.15) is 0 Å². The van der Waals surface area contributed by atoms with E-state index in [0.717, 1.165) is 29.9 Å². The molecule has 1 aliphatic carbocycles. The van der Waals surface area contributed by atoms with E-state index >= 15 is 0 Å². The Morgan fingerprint density at radius 3 is 1.91 bits per heavy atom. The van der Waals surface area contributed by atoms with Crippen molar-refractivity contribution in [2.75, 3.05) is 4.90 Å². The highest BCUT2D eigenvalue weighted by molar-refractivity contribution is 5.96. The molecular weight excluding hydrogens is 653 g/mol. The first-order chi connectivity index (χ1) is 26.7. The zero-order valence-electron chi connectivity index (χ0n) is 31.6. The van der Waals surface area contributed by atoms with Crippen molar-refractivity contribution < 1.29 is 0 Å². The quantitative estimate of drug-likeness (QED) is 0.161. The number of anilines is 3. The highest BCUT2D eigenvalue weighted by Gasteiger charge is 2.25. The fraction of sp³-hybridized carbons (Fsp3) is 0.115. The van der Waals surface area contributed by atoms with E-state index in [1.807, 2.05) is 13.8 Å². The standard InChI is InChI=1S/C50H40N2.C2H6/c1-35-16-9-10-23-43(35)50-36(2)46(52-47-26-13-11-24-44(47)45-25-12-14-27-48(45)52)32-33-49(50)51(41-30-28-39(29-31-41)37-17-5-3-6-18-37)42-22-15-21-40(34-42)38-19-7-4-8-20-38;1-2/h3-13,15-26,28-34H,14,27H2,1-2H3;1-2H3. The molecule has 0 fully saturated rings. The Bertz CT molecular complexity index is 2570. The van der Waals surface area contributed by atoms with Crippen molar-refractivity contribution in [3.63, 3.8) is 0 Å². The summed E-state index contributed by atoms with van der Waals surface area (Å²) in [7, 11) is 0. The topological polar surface area (TPSA) is 8.17 Å². The molecule has 0 aliphatic heterocycles. The van der Waals surface area contributed by atoms with Gasteiger partial charge in [-0.3, -0.25) is 0 Å². The SMILES string of the molecule is CC.Cc1ccccc1-c1c(N(c2ccc(-c3ccccc3)cc2)c2cccc(-c3ccccc3)c2)ccc(-n2c3c(c4ccccc42)C=CCC3)c1C. The summed E-state index contributed by atoms with van der Waals surface area (Å²) in [6.45, 7) is 8.55. The summed E-state index contributed by atoms with van der Waals surface area (Å²) in [5, 5.41) is 1.31. The number of hydrogen-bond donors (Lipinski definition) is 0. The van der Waals surface area contributed by atoms with Crippen molar-refractivity contribution in [1.29, 1.82) is 0 Å². The predicted octanol–water partition coefficient (Wildman–Crippen LogP) is 14.7. The average Bonchev–Trinajstić information content (AvgIpc) is 3.57. The van der Waals surface area contributed by atoms with Gasteiger partial charge in [-0.1, -0.05) is 153 Å². The van der Waals surface area contributed by atoms with Gasteiger partial charge in [0.2, 0.25) is 0 Å². The molecule has 0 N–H and O–H groups in total.